The van der Waals surface area contributed by atoms with Crippen LogP contribution >= 0.6 is 11.6 Å². The number of aromatic nitrogens is 4. The van der Waals surface area contributed by atoms with Gasteiger partial charge in [0.25, 0.3) is 5.91 Å². The molecule has 1 N–H and O–H groups in total. The molecule has 7 nitrogen and oxygen atoms in total. The van der Waals surface area contributed by atoms with Crippen molar-refractivity contribution in [1.82, 2.24) is 24.1 Å². The summed E-state index contributed by atoms with van der Waals surface area (Å²) in [4.78, 5) is 19.1. The fourth-order valence-electron chi connectivity index (χ4n) is 3.26. The van der Waals surface area contributed by atoms with Crippen molar-refractivity contribution in [2.24, 2.45) is 0 Å². The maximum absolute atomic E-state index is 13.0. The van der Waals surface area contributed by atoms with Gasteiger partial charge in [-0.05, 0) is 31.0 Å². The lowest BCUT2D eigenvalue weighted by molar-refractivity contribution is 0.0740. The van der Waals surface area contributed by atoms with E-state index in [1.165, 1.54) is 0 Å². The quantitative estimate of drug-likeness (QED) is 0.765. The second-order valence-electron chi connectivity index (χ2n) is 6.53. The molecule has 8 heteroatoms. The molecule has 1 atom stereocenters. The summed E-state index contributed by atoms with van der Waals surface area (Å²) in [7, 11) is 0. The number of hydrogen-bond acceptors (Lipinski definition) is 4. The Balaban J connectivity index is 1.60. The van der Waals surface area contributed by atoms with Crippen LogP contribution in [-0.2, 0) is 13.1 Å². The SMILES string of the molecule is CC[C@@H](O)c1cc2n(n1)CCCN(C(=O)c1cn3cc(Cl)ccc3n1)C2. The summed E-state index contributed by atoms with van der Waals surface area (Å²) in [6.07, 6.45) is 4.29. The van der Waals surface area contributed by atoms with E-state index in [4.69, 9.17) is 11.6 Å². The summed E-state index contributed by atoms with van der Waals surface area (Å²) in [6, 6.07) is 5.43. The molecule has 1 aliphatic rings. The molecule has 0 spiro atoms. The minimum Gasteiger partial charge on any atom is -0.387 e. The fourth-order valence-corrected chi connectivity index (χ4v) is 3.43. The van der Waals surface area contributed by atoms with Gasteiger partial charge in [0.2, 0.25) is 0 Å². The summed E-state index contributed by atoms with van der Waals surface area (Å²) >= 11 is 6.00. The van der Waals surface area contributed by atoms with Gasteiger partial charge in [-0.15, -0.1) is 0 Å². The fraction of sp³-hybridized carbons (Fsp3) is 0.389. The van der Waals surface area contributed by atoms with E-state index < -0.39 is 6.10 Å². The highest BCUT2D eigenvalue weighted by Gasteiger charge is 2.24. The molecule has 1 amide bonds. The normalized spacial score (nSPS) is 15.7. The molecule has 0 bridgehead atoms. The maximum atomic E-state index is 13.0. The first-order chi connectivity index (χ1) is 12.5. The maximum Gasteiger partial charge on any atom is 0.274 e. The average molecular weight is 374 g/mol. The van der Waals surface area contributed by atoms with E-state index in [2.05, 4.69) is 10.1 Å². The molecule has 1 aliphatic heterocycles. The van der Waals surface area contributed by atoms with Crippen LogP contribution in [0.25, 0.3) is 5.65 Å². The lowest BCUT2D eigenvalue weighted by Gasteiger charge is -2.18. The Bertz CT molecular complexity index is 964. The Morgan fingerprint density at radius 1 is 1.35 bits per heavy atom. The van der Waals surface area contributed by atoms with E-state index in [-0.39, 0.29) is 5.91 Å². The molecule has 0 saturated heterocycles. The number of carbonyl (C=O) groups is 1. The summed E-state index contributed by atoms with van der Waals surface area (Å²) in [5.74, 6) is -0.114. The number of hydrogen-bond donors (Lipinski definition) is 1. The highest BCUT2D eigenvalue weighted by Crippen LogP contribution is 2.21. The standard InChI is InChI=1S/C18H20ClN5O2/c1-2-16(25)14-8-13-10-22(6-3-7-24(13)21-14)18(26)15-11-23-9-12(19)4-5-17(23)20-15/h4-5,8-9,11,16,25H,2-3,6-7,10H2,1H3/t16-/m1/s1. The Morgan fingerprint density at radius 2 is 2.19 bits per heavy atom. The van der Waals surface area contributed by atoms with Gasteiger partial charge in [-0.3, -0.25) is 9.48 Å². The number of aliphatic hydroxyl groups is 1. The van der Waals surface area contributed by atoms with Crippen LogP contribution < -0.4 is 0 Å². The van der Waals surface area contributed by atoms with Crippen LogP contribution in [0.1, 0.15) is 47.7 Å². The zero-order valence-corrected chi connectivity index (χ0v) is 15.2. The van der Waals surface area contributed by atoms with Crippen LogP contribution in [-0.4, -0.2) is 41.6 Å². The zero-order valence-electron chi connectivity index (χ0n) is 14.5. The molecule has 0 radical (unpaired) electrons. The number of nitrogens with zero attached hydrogens (tertiary/aromatic N) is 5. The molecule has 0 saturated carbocycles. The van der Waals surface area contributed by atoms with Crippen LogP contribution in [0.2, 0.25) is 5.02 Å². The first-order valence-corrected chi connectivity index (χ1v) is 9.11. The number of rotatable bonds is 3. The summed E-state index contributed by atoms with van der Waals surface area (Å²) in [6.45, 7) is 3.75. The van der Waals surface area contributed by atoms with Crippen LogP contribution in [0, 0.1) is 0 Å². The molecule has 0 fully saturated rings. The van der Waals surface area contributed by atoms with E-state index in [9.17, 15) is 9.90 Å². The number of fused-ring (bicyclic) bond motifs is 2. The van der Waals surface area contributed by atoms with E-state index in [0.29, 0.717) is 41.6 Å². The molecule has 0 aromatic carbocycles. The third-order valence-electron chi connectivity index (χ3n) is 4.68. The lowest BCUT2D eigenvalue weighted by atomic mass is 10.2. The second-order valence-corrected chi connectivity index (χ2v) is 6.96. The minimum atomic E-state index is -0.568. The molecule has 0 unspecified atom stereocenters. The summed E-state index contributed by atoms with van der Waals surface area (Å²) in [5, 5.41) is 15.1. The van der Waals surface area contributed by atoms with Crippen LogP contribution in [0.3, 0.4) is 0 Å². The van der Waals surface area contributed by atoms with Crippen molar-refractivity contribution in [3.05, 3.63) is 52.7 Å². The highest BCUT2D eigenvalue weighted by atomic mass is 35.5. The first-order valence-electron chi connectivity index (χ1n) is 8.73. The Hall–Kier alpha value is -2.38. The van der Waals surface area contributed by atoms with Gasteiger partial charge in [0, 0.05) is 25.5 Å². The molecule has 0 aliphatic carbocycles. The molecule has 136 valence electrons. The number of halogens is 1. The molecule has 4 rings (SSSR count). The van der Waals surface area contributed by atoms with Gasteiger partial charge in [0.05, 0.1) is 29.1 Å². The largest absolute Gasteiger partial charge is 0.387 e. The van der Waals surface area contributed by atoms with Crippen molar-refractivity contribution < 1.29 is 9.90 Å². The van der Waals surface area contributed by atoms with Gasteiger partial charge in [-0.2, -0.15) is 5.10 Å². The van der Waals surface area contributed by atoms with E-state index in [1.807, 2.05) is 17.7 Å². The van der Waals surface area contributed by atoms with E-state index in [1.54, 1.807) is 33.8 Å². The Labute approximate surface area is 155 Å². The predicted octanol–water partition coefficient (Wildman–Crippen LogP) is 2.67. The highest BCUT2D eigenvalue weighted by molar-refractivity contribution is 6.30. The summed E-state index contributed by atoms with van der Waals surface area (Å²) < 4.78 is 3.65. The molecule has 4 heterocycles. The van der Waals surface area contributed by atoms with E-state index in [0.717, 1.165) is 18.7 Å². The number of aliphatic hydroxyl groups excluding tert-OH is 1. The smallest absolute Gasteiger partial charge is 0.274 e. The van der Waals surface area contributed by atoms with Gasteiger partial charge in [0.15, 0.2) is 0 Å². The monoisotopic (exact) mass is 373 g/mol. The number of carbonyl (C=O) groups excluding carboxylic acids is 1. The molecule has 3 aromatic rings. The van der Waals surface area contributed by atoms with Crippen LogP contribution in [0.5, 0.6) is 0 Å². The van der Waals surface area contributed by atoms with Crippen LogP contribution in [0.15, 0.2) is 30.6 Å². The van der Waals surface area contributed by atoms with Gasteiger partial charge in [-0.1, -0.05) is 18.5 Å². The van der Waals surface area contributed by atoms with E-state index >= 15 is 0 Å². The topological polar surface area (TPSA) is 75.7 Å². The van der Waals surface area contributed by atoms with Crippen molar-refractivity contribution in [2.45, 2.75) is 39.0 Å². The molecule has 26 heavy (non-hydrogen) atoms. The predicted molar refractivity (Wildman–Crippen MR) is 97.0 cm³/mol. The van der Waals surface area contributed by atoms with Crippen molar-refractivity contribution in [3.8, 4) is 0 Å². The zero-order chi connectivity index (χ0) is 18.3. The third-order valence-corrected chi connectivity index (χ3v) is 4.91. The number of pyridine rings is 1. The van der Waals surface area contributed by atoms with Crippen molar-refractivity contribution >= 4 is 23.2 Å². The number of aryl methyl sites for hydroxylation is 1. The average Bonchev–Trinajstić information content (AvgIpc) is 3.18. The third kappa shape index (κ3) is 3.08. The number of imidazole rings is 1. The van der Waals surface area contributed by atoms with Gasteiger partial charge >= 0.3 is 0 Å². The van der Waals surface area contributed by atoms with Crippen molar-refractivity contribution in [2.75, 3.05) is 6.54 Å². The molecule has 3 aromatic heterocycles. The van der Waals surface area contributed by atoms with Gasteiger partial charge in [0.1, 0.15) is 11.3 Å². The van der Waals surface area contributed by atoms with Gasteiger partial charge < -0.3 is 14.4 Å². The van der Waals surface area contributed by atoms with Crippen molar-refractivity contribution in [3.63, 3.8) is 0 Å². The summed E-state index contributed by atoms with van der Waals surface area (Å²) in [5.41, 5.74) is 2.68. The molecular weight excluding hydrogens is 354 g/mol. The first kappa shape index (κ1) is 17.1. The Kier molecular flexibility index (Phi) is 4.42. The van der Waals surface area contributed by atoms with Crippen molar-refractivity contribution in [1.29, 1.82) is 0 Å². The van der Waals surface area contributed by atoms with Gasteiger partial charge in [-0.25, -0.2) is 4.98 Å². The lowest BCUT2D eigenvalue weighted by Crippen LogP contribution is -2.31. The van der Waals surface area contributed by atoms with Crippen LogP contribution in [0.4, 0.5) is 0 Å². The molecular formula is C18H20ClN5O2. The number of amides is 1. The Morgan fingerprint density at radius 3 is 3.00 bits per heavy atom. The minimum absolute atomic E-state index is 0.114. The second kappa shape index (κ2) is 6.74.